The molecule has 34 heavy (non-hydrogen) atoms. The highest BCUT2D eigenvalue weighted by Gasteiger charge is 2.38. The average molecular weight is 508 g/mol. The molecular formula is C26H26Cl2F3N3. The number of alkyl halides is 3. The van der Waals surface area contributed by atoms with E-state index >= 15 is 0 Å². The third-order valence-corrected chi connectivity index (χ3v) is 7.26. The maximum Gasteiger partial charge on any atom is 0.417 e. The highest BCUT2D eigenvalue weighted by atomic mass is 35.5. The molecule has 0 spiro atoms. The van der Waals surface area contributed by atoms with Gasteiger partial charge in [-0.05, 0) is 48.7 Å². The number of nitrogens with zero attached hydrogens (tertiary/aromatic N) is 2. The molecule has 1 saturated heterocycles. The van der Waals surface area contributed by atoms with Crippen LogP contribution in [0, 0.1) is 5.92 Å². The molecule has 4 rings (SSSR count). The van der Waals surface area contributed by atoms with Gasteiger partial charge in [-0.2, -0.15) is 13.2 Å². The minimum atomic E-state index is -4.42. The molecule has 0 bridgehead atoms. The maximum absolute atomic E-state index is 13.1. The van der Waals surface area contributed by atoms with Crippen molar-refractivity contribution in [3.8, 4) is 0 Å². The van der Waals surface area contributed by atoms with E-state index in [0.29, 0.717) is 22.4 Å². The lowest BCUT2D eigenvalue weighted by Gasteiger charge is -2.38. The van der Waals surface area contributed by atoms with E-state index in [0.717, 1.165) is 42.9 Å². The first-order valence-electron chi connectivity index (χ1n) is 11.3. The number of likely N-dealkylation sites (N-methyl/N-ethyl adjacent to an activating group) is 1. The summed E-state index contributed by atoms with van der Waals surface area (Å²) < 4.78 is 39.3. The lowest BCUT2D eigenvalue weighted by atomic mass is 9.80. The van der Waals surface area contributed by atoms with Crippen LogP contribution in [0.3, 0.4) is 0 Å². The number of rotatable bonds is 7. The molecule has 0 saturated carbocycles. The fraction of sp³-hybridized carbons (Fsp3) is 0.346. The monoisotopic (exact) mass is 507 g/mol. The third kappa shape index (κ3) is 5.51. The largest absolute Gasteiger partial charge is 0.417 e. The van der Waals surface area contributed by atoms with Gasteiger partial charge in [-0.15, -0.1) is 0 Å². The number of halogens is 5. The fourth-order valence-electron chi connectivity index (χ4n) is 4.85. The molecule has 0 amide bonds. The van der Waals surface area contributed by atoms with Gasteiger partial charge in [-0.3, -0.25) is 0 Å². The molecule has 0 radical (unpaired) electrons. The molecular weight excluding hydrogens is 482 g/mol. The van der Waals surface area contributed by atoms with Gasteiger partial charge in [0.05, 0.1) is 15.6 Å². The Kier molecular flexibility index (Phi) is 7.70. The van der Waals surface area contributed by atoms with Gasteiger partial charge in [-0.1, -0.05) is 59.6 Å². The SMILES string of the molecule is CCN(c1ccc(C(F)(F)F)cn1)C(Cc1ccccc1)[C@H]1CNC[C@@H]1c1ccc(Cl)c(Cl)c1. The number of hydrogen-bond donors (Lipinski definition) is 1. The van der Waals surface area contributed by atoms with Gasteiger partial charge in [0, 0.05) is 43.7 Å². The Balaban J connectivity index is 1.71. The van der Waals surface area contributed by atoms with Crippen LogP contribution in [-0.4, -0.2) is 30.7 Å². The number of aromatic nitrogens is 1. The standard InChI is InChI=1S/C26H26Cl2F3N3/c1-2-34(25-11-9-19(14-33-25)26(29,30)31)24(12-17-6-4-3-5-7-17)21-16-32-15-20(21)18-8-10-22(27)23(28)13-18/h3-11,13-14,20-21,24,32H,2,12,15-16H2,1H3/t20-,21+,24?/m1/s1. The van der Waals surface area contributed by atoms with Crippen molar-refractivity contribution in [2.24, 2.45) is 5.92 Å². The number of pyridine rings is 1. The normalized spacial score (nSPS) is 19.2. The highest BCUT2D eigenvalue weighted by Crippen LogP contribution is 2.38. The van der Waals surface area contributed by atoms with Crippen LogP contribution in [0.5, 0.6) is 0 Å². The second kappa shape index (κ2) is 10.5. The molecule has 1 aliphatic rings. The van der Waals surface area contributed by atoms with E-state index in [4.69, 9.17) is 23.2 Å². The first-order valence-corrected chi connectivity index (χ1v) is 12.0. The first-order chi connectivity index (χ1) is 16.3. The fourth-order valence-corrected chi connectivity index (χ4v) is 5.16. The minimum absolute atomic E-state index is 0.00564. The average Bonchev–Trinajstić information content (AvgIpc) is 3.31. The summed E-state index contributed by atoms with van der Waals surface area (Å²) in [5.41, 5.74) is 1.51. The van der Waals surface area contributed by atoms with Crippen LogP contribution in [0.1, 0.15) is 29.5 Å². The Labute approximate surface area is 207 Å². The molecule has 180 valence electrons. The van der Waals surface area contributed by atoms with Crippen LogP contribution in [0.4, 0.5) is 19.0 Å². The summed E-state index contributed by atoms with van der Waals surface area (Å²) in [6, 6.07) is 18.5. The smallest absolute Gasteiger partial charge is 0.353 e. The molecule has 1 aliphatic heterocycles. The zero-order valence-corrected chi connectivity index (χ0v) is 20.2. The van der Waals surface area contributed by atoms with Crippen LogP contribution in [0.25, 0.3) is 0 Å². The van der Waals surface area contributed by atoms with Crippen molar-refractivity contribution in [1.82, 2.24) is 10.3 Å². The lowest BCUT2D eigenvalue weighted by molar-refractivity contribution is -0.137. The molecule has 2 aromatic carbocycles. The summed E-state index contributed by atoms with van der Waals surface area (Å²) in [4.78, 5) is 6.34. The zero-order valence-electron chi connectivity index (χ0n) is 18.7. The second-order valence-corrected chi connectivity index (χ2v) is 9.36. The topological polar surface area (TPSA) is 28.2 Å². The second-order valence-electron chi connectivity index (χ2n) is 8.55. The predicted octanol–water partition coefficient (Wildman–Crippen LogP) is 6.85. The molecule has 2 heterocycles. The van der Waals surface area contributed by atoms with Gasteiger partial charge < -0.3 is 10.2 Å². The van der Waals surface area contributed by atoms with E-state index in [1.807, 2.05) is 43.3 Å². The first kappa shape index (κ1) is 24.8. The van der Waals surface area contributed by atoms with Crippen LogP contribution >= 0.6 is 23.2 Å². The van der Waals surface area contributed by atoms with Crippen LogP contribution in [0.15, 0.2) is 66.9 Å². The molecule has 8 heteroatoms. The van der Waals surface area contributed by atoms with Crippen molar-refractivity contribution in [1.29, 1.82) is 0 Å². The van der Waals surface area contributed by atoms with Crippen LogP contribution in [-0.2, 0) is 12.6 Å². The molecule has 1 unspecified atom stereocenters. The van der Waals surface area contributed by atoms with Crippen LogP contribution in [0.2, 0.25) is 10.0 Å². The third-order valence-electron chi connectivity index (χ3n) is 6.53. The lowest BCUT2D eigenvalue weighted by Crippen LogP contribution is -2.45. The Morgan fingerprint density at radius 2 is 1.79 bits per heavy atom. The molecule has 3 nitrogen and oxygen atoms in total. The summed E-state index contributed by atoms with van der Waals surface area (Å²) in [6.07, 6.45) is -2.76. The van der Waals surface area contributed by atoms with Crippen molar-refractivity contribution in [3.05, 3.63) is 93.6 Å². The quantitative estimate of drug-likeness (QED) is 0.379. The maximum atomic E-state index is 13.1. The molecule has 3 aromatic rings. The molecule has 0 aliphatic carbocycles. The highest BCUT2D eigenvalue weighted by molar-refractivity contribution is 6.42. The minimum Gasteiger partial charge on any atom is -0.353 e. The van der Waals surface area contributed by atoms with Crippen molar-refractivity contribution < 1.29 is 13.2 Å². The summed E-state index contributed by atoms with van der Waals surface area (Å²) in [7, 11) is 0. The van der Waals surface area contributed by atoms with Gasteiger partial charge in [0.25, 0.3) is 0 Å². The molecule has 3 atom stereocenters. The van der Waals surface area contributed by atoms with Gasteiger partial charge in [0.1, 0.15) is 5.82 Å². The van der Waals surface area contributed by atoms with Gasteiger partial charge >= 0.3 is 6.18 Å². The summed E-state index contributed by atoms with van der Waals surface area (Å²) in [5.74, 6) is 0.893. The number of benzene rings is 2. The molecule has 1 fully saturated rings. The van der Waals surface area contributed by atoms with E-state index in [2.05, 4.69) is 27.3 Å². The van der Waals surface area contributed by atoms with Gasteiger partial charge in [-0.25, -0.2) is 4.98 Å². The van der Waals surface area contributed by atoms with Crippen molar-refractivity contribution in [3.63, 3.8) is 0 Å². The Morgan fingerprint density at radius 3 is 2.41 bits per heavy atom. The van der Waals surface area contributed by atoms with Crippen molar-refractivity contribution >= 4 is 29.0 Å². The van der Waals surface area contributed by atoms with Crippen molar-refractivity contribution in [2.45, 2.75) is 31.5 Å². The van der Waals surface area contributed by atoms with Gasteiger partial charge in [0.2, 0.25) is 0 Å². The van der Waals surface area contributed by atoms with E-state index in [1.165, 1.54) is 6.07 Å². The summed E-state index contributed by atoms with van der Waals surface area (Å²) in [5, 5.41) is 4.54. The molecule has 1 aromatic heterocycles. The number of anilines is 1. The van der Waals surface area contributed by atoms with Crippen molar-refractivity contribution in [2.75, 3.05) is 24.5 Å². The van der Waals surface area contributed by atoms with E-state index in [9.17, 15) is 13.2 Å². The summed E-state index contributed by atoms with van der Waals surface area (Å²) in [6.45, 7) is 4.18. The Bertz CT molecular complexity index is 1090. The summed E-state index contributed by atoms with van der Waals surface area (Å²) >= 11 is 12.5. The number of hydrogen-bond acceptors (Lipinski definition) is 3. The number of nitrogens with one attached hydrogen (secondary N) is 1. The van der Waals surface area contributed by atoms with E-state index < -0.39 is 11.7 Å². The van der Waals surface area contributed by atoms with E-state index in [1.54, 1.807) is 0 Å². The van der Waals surface area contributed by atoms with Gasteiger partial charge in [0.15, 0.2) is 0 Å². The Hall–Kier alpha value is -2.28. The molecule has 1 N–H and O–H groups in total. The predicted molar refractivity (Wildman–Crippen MR) is 132 cm³/mol. The van der Waals surface area contributed by atoms with Crippen LogP contribution < -0.4 is 10.2 Å². The Morgan fingerprint density at radius 1 is 1.03 bits per heavy atom. The van der Waals surface area contributed by atoms with E-state index in [-0.39, 0.29) is 17.9 Å². The zero-order chi connectivity index (χ0) is 24.3.